The number of likely N-dealkylation sites (tertiary alicyclic amines) is 1. The molecule has 0 aromatic heterocycles. The summed E-state index contributed by atoms with van der Waals surface area (Å²) in [6.07, 6.45) is 1.98. The van der Waals surface area contributed by atoms with Crippen LogP contribution in [0.15, 0.2) is 60.2 Å². The number of nitrogens with zero attached hydrogens (tertiary/aromatic N) is 2. The van der Waals surface area contributed by atoms with Crippen LogP contribution in [-0.2, 0) is 16.1 Å². The van der Waals surface area contributed by atoms with E-state index in [1.165, 1.54) is 5.56 Å². The Morgan fingerprint density at radius 2 is 1.71 bits per heavy atom. The summed E-state index contributed by atoms with van der Waals surface area (Å²) in [5, 5.41) is 0. The van der Waals surface area contributed by atoms with Crippen LogP contribution in [0.2, 0.25) is 0 Å². The van der Waals surface area contributed by atoms with Gasteiger partial charge >= 0.3 is 0 Å². The maximum absolute atomic E-state index is 13.1. The van der Waals surface area contributed by atoms with Gasteiger partial charge in [-0.1, -0.05) is 56.3 Å². The Morgan fingerprint density at radius 3 is 2.39 bits per heavy atom. The van der Waals surface area contributed by atoms with Gasteiger partial charge in [-0.05, 0) is 29.3 Å². The molecule has 2 fully saturated rings. The van der Waals surface area contributed by atoms with E-state index >= 15 is 0 Å². The van der Waals surface area contributed by atoms with Gasteiger partial charge < -0.3 is 9.64 Å². The molecule has 0 saturated carbocycles. The van der Waals surface area contributed by atoms with Crippen molar-refractivity contribution in [1.82, 2.24) is 9.80 Å². The summed E-state index contributed by atoms with van der Waals surface area (Å²) >= 11 is 0. The minimum absolute atomic E-state index is 0.0337. The number of carbonyl (C=O) groups excluding carboxylic acids is 2. The molecule has 0 N–H and O–H groups in total. The van der Waals surface area contributed by atoms with Crippen LogP contribution in [0.1, 0.15) is 35.3 Å². The molecule has 5 heteroatoms. The third-order valence-electron chi connectivity index (χ3n) is 5.97. The summed E-state index contributed by atoms with van der Waals surface area (Å²) in [5.74, 6) is 0.233. The zero-order chi connectivity index (χ0) is 21.8. The Bertz CT molecular complexity index is 958. The molecule has 0 spiro atoms. The monoisotopic (exact) mass is 418 g/mol. The number of ketones is 1. The molecule has 2 aliphatic heterocycles. The van der Waals surface area contributed by atoms with Crippen molar-refractivity contribution in [2.24, 2.45) is 5.41 Å². The molecule has 0 bridgehead atoms. The summed E-state index contributed by atoms with van der Waals surface area (Å²) in [6, 6.07) is 17.9. The SMILES string of the molecule is CC1(C)CN(Cc2ccccc2)C/C(=C/c2ccc(C(=O)N3CCOCC3)cc2)C1=O. The van der Waals surface area contributed by atoms with Crippen LogP contribution < -0.4 is 0 Å². The van der Waals surface area contributed by atoms with Crippen molar-refractivity contribution in [2.75, 3.05) is 39.4 Å². The molecular weight excluding hydrogens is 388 g/mol. The van der Waals surface area contributed by atoms with Crippen molar-refractivity contribution in [3.05, 3.63) is 76.9 Å². The third kappa shape index (κ3) is 5.12. The van der Waals surface area contributed by atoms with E-state index in [9.17, 15) is 9.59 Å². The first kappa shape index (κ1) is 21.5. The molecule has 2 aromatic carbocycles. The number of ether oxygens (including phenoxy) is 1. The predicted octanol–water partition coefficient (Wildman–Crippen LogP) is 3.65. The highest BCUT2D eigenvalue weighted by molar-refractivity contribution is 6.04. The van der Waals surface area contributed by atoms with E-state index in [1.807, 2.05) is 67.3 Å². The van der Waals surface area contributed by atoms with Crippen LogP contribution in [0, 0.1) is 5.41 Å². The van der Waals surface area contributed by atoms with Gasteiger partial charge in [0.25, 0.3) is 5.91 Å². The lowest BCUT2D eigenvalue weighted by Crippen LogP contribution is -2.47. The molecule has 31 heavy (non-hydrogen) atoms. The van der Waals surface area contributed by atoms with Crippen molar-refractivity contribution in [1.29, 1.82) is 0 Å². The molecule has 162 valence electrons. The van der Waals surface area contributed by atoms with Crippen molar-refractivity contribution in [2.45, 2.75) is 20.4 Å². The van der Waals surface area contributed by atoms with Crippen molar-refractivity contribution >= 4 is 17.8 Å². The Kier molecular flexibility index (Phi) is 6.35. The van der Waals surface area contributed by atoms with Gasteiger partial charge in [0, 0.05) is 49.3 Å². The van der Waals surface area contributed by atoms with Crippen LogP contribution >= 0.6 is 0 Å². The van der Waals surface area contributed by atoms with Crippen molar-refractivity contribution in [3.63, 3.8) is 0 Å². The number of Topliss-reactive ketones (excluding diaryl/α,β-unsaturated/α-hetero) is 1. The number of benzene rings is 2. The number of morpholine rings is 1. The molecule has 0 unspecified atom stereocenters. The first-order valence-corrected chi connectivity index (χ1v) is 10.9. The van der Waals surface area contributed by atoms with Gasteiger partial charge in [-0.3, -0.25) is 14.5 Å². The highest BCUT2D eigenvalue weighted by atomic mass is 16.5. The van der Waals surface area contributed by atoms with Gasteiger partial charge in [0.15, 0.2) is 5.78 Å². The third-order valence-corrected chi connectivity index (χ3v) is 5.97. The van der Waals surface area contributed by atoms with E-state index in [0.717, 1.165) is 24.2 Å². The molecule has 2 aliphatic rings. The average molecular weight is 419 g/mol. The number of carbonyl (C=O) groups is 2. The van der Waals surface area contributed by atoms with Gasteiger partial charge in [0.1, 0.15) is 0 Å². The number of amides is 1. The van der Waals surface area contributed by atoms with Gasteiger partial charge in [0.2, 0.25) is 0 Å². The first-order chi connectivity index (χ1) is 14.9. The van der Waals surface area contributed by atoms with E-state index in [4.69, 9.17) is 4.74 Å². The minimum Gasteiger partial charge on any atom is -0.378 e. The zero-order valence-corrected chi connectivity index (χ0v) is 18.3. The zero-order valence-electron chi connectivity index (χ0n) is 18.3. The normalized spacial score (nSPS) is 20.8. The summed E-state index contributed by atoms with van der Waals surface area (Å²) < 4.78 is 5.32. The second-order valence-electron chi connectivity index (χ2n) is 9.04. The Labute approximate surface area is 184 Å². The standard InChI is InChI=1S/C26H30N2O3/c1-26(2)19-27(17-21-6-4-3-5-7-21)18-23(24(26)29)16-20-8-10-22(11-9-20)25(30)28-12-14-31-15-13-28/h3-11,16H,12-15,17-19H2,1-2H3/b23-16-. The number of piperidine rings is 1. The Hall–Kier alpha value is -2.76. The van der Waals surface area contributed by atoms with Crippen molar-refractivity contribution in [3.8, 4) is 0 Å². The number of hydrogen-bond donors (Lipinski definition) is 0. The smallest absolute Gasteiger partial charge is 0.254 e. The molecule has 5 nitrogen and oxygen atoms in total. The Morgan fingerprint density at radius 1 is 1.03 bits per heavy atom. The highest BCUT2D eigenvalue weighted by Crippen LogP contribution is 2.30. The second kappa shape index (κ2) is 9.16. The summed E-state index contributed by atoms with van der Waals surface area (Å²) in [7, 11) is 0. The van der Waals surface area contributed by atoms with Gasteiger partial charge in [-0.15, -0.1) is 0 Å². The fourth-order valence-corrected chi connectivity index (χ4v) is 4.37. The number of hydrogen-bond acceptors (Lipinski definition) is 4. The highest BCUT2D eigenvalue weighted by Gasteiger charge is 2.37. The van der Waals surface area contributed by atoms with E-state index in [0.29, 0.717) is 38.4 Å². The van der Waals surface area contributed by atoms with Crippen LogP contribution in [0.25, 0.3) is 6.08 Å². The fourth-order valence-electron chi connectivity index (χ4n) is 4.37. The maximum Gasteiger partial charge on any atom is 0.254 e. The fraction of sp³-hybridized carbons (Fsp3) is 0.385. The number of rotatable bonds is 4. The molecular formula is C26H30N2O3. The second-order valence-corrected chi connectivity index (χ2v) is 9.04. The molecule has 2 heterocycles. The lowest BCUT2D eigenvalue weighted by molar-refractivity contribution is -0.126. The van der Waals surface area contributed by atoms with E-state index in [-0.39, 0.29) is 11.7 Å². The lowest BCUT2D eigenvalue weighted by atomic mass is 9.79. The minimum atomic E-state index is -0.425. The summed E-state index contributed by atoms with van der Waals surface area (Å²) in [6.45, 7) is 8.67. The molecule has 0 atom stereocenters. The molecule has 2 aromatic rings. The molecule has 4 rings (SSSR count). The van der Waals surface area contributed by atoms with Gasteiger partial charge in [-0.25, -0.2) is 0 Å². The van der Waals surface area contributed by atoms with Crippen LogP contribution in [0.5, 0.6) is 0 Å². The Balaban J connectivity index is 1.50. The van der Waals surface area contributed by atoms with Crippen LogP contribution in [0.3, 0.4) is 0 Å². The van der Waals surface area contributed by atoms with Gasteiger partial charge in [-0.2, -0.15) is 0 Å². The van der Waals surface area contributed by atoms with E-state index in [2.05, 4.69) is 17.0 Å². The van der Waals surface area contributed by atoms with E-state index < -0.39 is 5.41 Å². The maximum atomic E-state index is 13.1. The molecule has 0 radical (unpaired) electrons. The summed E-state index contributed by atoms with van der Waals surface area (Å²) in [5.41, 5.74) is 3.26. The molecule has 0 aliphatic carbocycles. The van der Waals surface area contributed by atoms with Crippen molar-refractivity contribution < 1.29 is 14.3 Å². The van der Waals surface area contributed by atoms with Gasteiger partial charge in [0.05, 0.1) is 13.2 Å². The largest absolute Gasteiger partial charge is 0.378 e. The molecule has 1 amide bonds. The average Bonchev–Trinajstić information content (AvgIpc) is 2.78. The topological polar surface area (TPSA) is 49.9 Å². The van der Waals surface area contributed by atoms with Crippen LogP contribution in [-0.4, -0.2) is 60.9 Å². The predicted molar refractivity (Wildman–Crippen MR) is 122 cm³/mol. The molecule has 2 saturated heterocycles. The first-order valence-electron chi connectivity index (χ1n) is 10.9. The quantitative estimate of drug-likeness (QED) is 0.711. The van der Waals surface area contributed by atoms with Crippen LogP contribution in [0.4, 0.5) is 0 Å². The van der Waals surface area contributed by atoms with E-state index in [1.54, 1.807) is 0 Å². The summed E-state index contributed by atoms with van der Waals surface area (Å²) in [4.78, 5) is 29.9. The lowest BCUT2D eigenvalue weighted by Gasteiger charge is -2.38.